The molecule has 0 aliphatic heterocycles. The molecule has 0 saturated heterocycles. The van der Waals surface area contributed by atoms with E-state index in [0.717, 1.165) is 0 Å². The van der Waals surface area contributed by atoms with Gasteiger partial charge in [-0.05, 0) is 12.5 Å². The Labute approximate surface area is 54.2 Å². The van der Waals surface area contributed by atoms with Crippen LogP contribution >= 0.6 is 0 Å². The number of aliphatic hydroxyl groups excluding tert-OH is 1. The van der Waals surface area contributed by atoms with Crippen LogP contribution < -0.4 is 0 Å². The molecule has 0 aromatic heterocycles. The summed E-state index contributed by atoms with van der Waals surface area (Å²) >= 11 is 0. The molecule has 1 atom stereocenters. The van der Waals surface area contributed by atoms with Crippen molar-refractivity contribution in [2.75, 3.05) is 0 Å². The third kappa shape index (κ3) is 2.89. The lowest BCUT2D eigenvalue weighted by molar-refractivity contribution is 0.236. The maximum Gasteiger partial charge on any atom is 0.165 e. The van der Waals surface area contributed by atoms with E-state index in [0.29, 0.717) is 6.42 Å². The summed E-state index contributed by atoms with van der Waals surface area (Å²) in [6, 6.07) is 0. The number of rotatable bonds is 2. The van der Waals surface area contributed by atoms with Crippen LogP contribution in [0.15, 0.2) is 11.9 Å². The average molecular weight is 128 g/mol. The molecule has 0 heterocycles. The molecule has 0 spiro atoms. The van der Waals surface area contributed by atoms with E-state index in [1.807, 2.05) is 5.92 Å². The SMILES string of the molecule is C#C[C@H](O)C(F)=CCC. The lowest BCUT2D eigenvalue weighted by Crippen LogP contribution is -2.02. The molecule has 0 aliphatic carbocycles. The van der Waals surface area contributed by atoms with Crippen molar-refractivity contribution in [2.24, 2.45) is 0 Å². The fourth-order valence-corrected chi connectivity index (χ4v) is 0.386. The van der Waals surface area contributed by atoms with Gasteiger partial charge in [0.15, 0.2) is 6.10 Å². The Morgan fingerprint density at radius 3 is 2.89 bits per heavy atom. The van der Waals surface area contributed by atoms with Crippen LogP contribution in [0, 0.1) is 12.3 Å². The monoisotopic (exact) mass is 128 g/mol. The summed E-state index contributed by atoms with van der Waals surface area (Å²) in [5, 5.41) is 8.58. The predicted molar refractivity (Wildman–Crippen MR) is 34.3 cm³/mol. The zero-order chi connectivity index (χ0) is 7.28. The van der Waals surface area contributed by atoms with Crippen LogP contribution in [-0.2, 0) is 0 Å². The average Bonchev–Trinajstić information content (AvgIpc) is 1.87. The second-order valence-corrected chi connectivity index (χ2v) is 1.57. The Morgan fingerprint density at radius 1 is 2.00 bits per heavy atom. The van der Waals surface area contributed by atoms with E-state index in [1.54, 1.807) is 6.92 Å². The van der Waals surface area contributed by atoms with Gasteiger partial charge in [-0.3, -0.25) is 0 Å². The van der Waals surface area contributed by atoms with Crippen molar-refractivity contribution >= 4 is 0 Å². The van der Waals surface area contributed by atoms with Crippen molar-refractivity contribution in [3.63, 3.8) is 0 Å². The van der Waals surface area contributed by atoms with Crippen LogP contribution in [0.1, 0.15) is 13.3 Å². The normalized spacial score (nSPS) is 14.7. The lowest BCUT2D eigenvalue weighted by Gasteiger charge is -1.96. The van der Waals surface area contributed by atoms with Gasteiger partial charge in [-0.1, -0.05) is 12.8 Å². The predicted octanol–water partition coefficient (Wildman–Crippen LogP) is 1.24. The Hall–Kier alpha value is -0.810. The molecule has 0 radical (unpaired) electrons. The minimum absolute atomic E-state index is 0.546. The number of hydrogen-bond acceptors (Lipinski definition) is 1. The van der Waals surface area contributed by atoms with Crippen LogP contribution in [0.4, 0.5) is 4.39 Å². The summed E-state index contributed by atoms with van der Waals surface area (Å²) in [5.74, 6) is 1.22. The van der Waals surface area contributed by atoms with Gasteiger partial charge in [0.2, 0.25) is 0 Å². The molecule has 1 nitrogen and oxygen atoms in total. The highest BCUT2D eigenvalue weighted by molar-refractivity contribution is 5.11. The summed E-state index contributed by atoms with van der Waals surface area (Å²) in [6.45, 7) is 1.77. The van der Waals surface area contributed by atoms with Crippen LogP contribution in [0.25, 0.3) is 0 Å². The number of halogens is 1. The van der Waals surface area contributed by atoms with E-state index < -0.39 is 11.9 Å². The van der Waals surface area contributed by atoms with Crippen molar-refractivity contribution in [3.8, 4) is 12.3 Å². The number of allylic oxidation sites excluding steroid dienone is 1. The minimum Gasteiger partial charge on any atom is -0.374 e. The van der Waals surface area contributed by atoms with Gasteiger partial charge in [0.1, 0.15) is 5.83 Å². The topological polar surface area (TPSA) is 20.2 Å². The molecule has 9 heavy (non-hydrogen) atoms. The van der Waals surface area contributed by atoms with Gasteiger partial charge >= 0.3 is 0 Å². The first-order chi connectivity index (χ1) is 4.22. The minimum atomic E-state index is -1.36. The number of hydrogen-bond donors (Lipinski definition) is 1. The van der Waals surface area contributed by atoms with Gasteiger partial charge in [-0.15, -0.1) is 6.42 Å². The van der Waals surface area contributed by atoms with Crippen molar-refractivity contribution in [1.82, 2.24) is 0 Å². The molecule has 2 heteroatoms. The fraction of sp³-hybridized carbons (Fsp3) is 0.429. The van der Waals surface area contributed by atoms with Gasteiger partial charge in [-0.25, -0.2) is 4.39 Å². The van der Waals surface area contributed by atoms with Gasteiger partial charge in [0.05, 0.1) is 0 Å². The summed E-state index contributed by atoms with van der Waals surface area (Å²) < 4.78 is 12.3. The highest BCUT2D eigenvalue weighted by atomic mass is 19.1. The number of terminal acetylenes is 1. The fourth-order valence-electron chi connectivity index (χ4n) is 0.386. The highest BCUT2D eigenvalue weighted by Crippen LogP contribution is 2.03. The second kappa shape index (κ2) is 4.11. The van der Waals surface area contributed by atoms with Gasteiger partial charge < -0.3 is 5.11 Å². The zero-order valence-corrected chi connectivity index (χ0v) is 5.26. The summed E-state index contributed by atoms with van der Waals surface area (Å²) in [7, 11) is 0. The molecule has 0 bridgehead atoms. The van der Waals surface area contributed by atoms with Crippen molar-refractivity contribution < 1.29 is 9.50 Å². The van der Waals surface area contributed by atoms with E-state index in [9.17, 15) is 4.39 Å². The molecule has 0 unspecified atom stereocenters. The Morgan fingerprint density at radius 2 is 2.56 bits per heavy atom. The molecular formula is C7H9FO. The molecule has 0 saturated carbocycles. The van der Waals surface area contributed by atoms with E-state index >= 15 is 0 Å². The first-order valence-electron chi connectivity index (χ1n) is 2.72. The largest absolute Gasteiger partial charge is 0.374 e. The van der Waals surface area contributed by atoms with E-state index in [2.05, 4.69) is 0 Å². The van der Waals surface area contributed by atoms with Crippen LogP contribution in [0.3, 0.4) is 0 Å². The molecule has 50 valence electrons. The van der Waals surface area contributed by atoms with Crippen LogP contribution in [-0.4, -0.2) is 11.2 Å². The standard InChI is InChI=1S/C7H9FO/c1-3-5-6(8)7(9)4-2/h2,5,7,9H,3H2,1H3/t7-/m0/s1. The molecule has 0 amide bonds. The van der Waals surface area contributed by atoms with Crippen LogP contribution in [0.5, 0.6) is 0 Å². The molecule has 0 fully saturated rings. The van der Waals surface area contributed by atoms with Crippen molar-refractivity contribution in [3.05, 3.63) is 11.9 Å². The molecule has 0 aliphatic rings. The van der Waals surface area contributed by atoms with Gasteiger partial charge in [-0.2, -0.15) is 0 Å². The third-order valence-corrected chi connectivity index (χ3v) is 0.818. The van der Waals surface area contributed by atoms with E-state index in [1.165, 1.54) is 6.08 Å². The van der Waals surface area contributed by atoms with Crippen molar-refractivity contribution in [1.29, 1.82) is 0 Å². The van der Waals surface area contributed by atoms with E-state index in [4.69, 9.17) is 11.5 Å². The smallest absolute Gasteiger partial charge is 0.165 e. The van der Waals surface area contributed by atoms with Gasteiger partial charge in [0.25, 0.3) is 0 Å². The summed E-state index contributed by atoms with van der Waals surface area (Å²) in [4.78, 5) is 0. The maximum absolute atomic E-state index is 12.3. The Balaban J connectivity index is 3.89. The Bertz CT molecular complexity index is 143. The van der Waals surface area contributed by atoms with Crippen LogP contribution in [0.2, 0.25) is 0 Å². The maximum atomic E-state index is 12.3. The molecule has 0 rings (SSSR count). The molecular weight excluding hydrogens is 119 g/mol. The summed E-state index contributed by atoms with van der Waals surface area (Å²) in [5.41, 5.74) is 0. The Kier molecular flexibility index (Phi) is 3.74. The molecule has 1 N–H and O–H groups in total. The van der Waals surface area contributed by atoms with Crippen molar-refractivity contribution in [2.45, 2.75) is 19.4 Å². The first-order valence-corrected chi connectivity index (χ1v) is 2.72. The van der Waals surface area contributed by atoms with E-state index in [-0.39, 0.29) is 0 Å². The molecule has 0 aromatic carbocycles. The van der Waals surface area contributed by atoms with Gasteiger partial charge in [0, 0.05) is 0 Å². The summed E-state index contributed by atoms with van der Waals surface area (Å²) in [6.07, 6.45) is 5.17. The highest BCUT2D eigenvalue weighted by Gasteiger charge is 2.02. The lowest BCUT2D eigenvalue weighted by atomic mass is 10.3. The quantitative estimate of drug-likeness (QED) is 0.555. The first kappa shape index (κ1) is 8.19. The number of aliphatic hydroxyl groups is 1. The molecule has 0 aromatic rings. The second-order valence-electron chi connectivity index (χ2n) is 1.57. The zero-order valence-electron chi connectivity index (χ0n) is 5.26. The third-order valence-electron chi connectivity index (χ3n) is 0.818.